The second-order valence-electron chi connectivity index (χ2n) is 7.62. The van der Waals surface area contributed by atoms with Crippen molar-refractivity contribution in [3.63, 3.8) is 0 Å². The van der Waals surface area contributed by atoms with E-state index in [1.54, 1.807) is 36.7 Å². The molecule has 0 spiro atoms. The number of benzene rings is 3. The highest BCUT2D eigenvalue weighted by atomic mass is 16.2. The summed E-state index contributed by atoms with van der Waals surface area (Å²) in [6.45, 7) is 0. The third-order valence-electron chi connectivity index (χ3n) is 4.75. The van der Waals surface area contributed by atoms with Gasteiger partial charge in [-0.3, -0.25) is 10.2 Å². The van der Waals surface area contributed by atoms with Crippen LogP contribution in [0.25, 0.3) is 0 Å². The summed E-state index contributed by atoms with van der Waals surface area (Å²) >= 11 is 0. The molecule has 0 aliphatic rings. The highest BCUT2D eigenvalue weighted by Crippen LogP contribution is 2.13. The van der Waals surface area contributed by atoms with Crippen molar-refractivity contribution in [2.45, 2.75) is 0 Å². The SMILES string of the molecule is CN(C)c1ccc(/C=N/NC(=O)c2ccc(N/N=C/c3ccc(N(C)C)cc3)cc2)cc1. The molecule has 3 aromatic carbocycles. The number of hydrogen-bond acceptors (Lipinski definition) is 6. The Kier molecular flexibility index (Phi) is 7.59. The molecular weight excluding hydrogens is 400 g/mol. The third kappa shape index (κ3) is 6.43. The number of carbonyl (C=O) groups is 1. The second kappa shape index (κ2) is 10.8. The van der Waals surface area contributed by atoms with Crippen LogP contribution in [0.5, 0.6) is 0 Å². The molecule has 0 bridgehead atoms. The van der Waals surface area contributed by atoms with Gasteiger partial charge in [0.1, 0.15) is 0 Å². The quantitative estimate of drug-likeness (QED) is 0.420. The van der Waals surface area contributed by atoms with Crippen molar-refractivity contribution in [2.75, 3.05) is 43.4 Å². The lowest BCUT2D eigenvalue weighted by Crippen LogP contribution is -2.17. The molecule has 164 valence electrons. The van der Waals surface area contributed by atoms with E-state index in [0.717, 1.165) is 28.2 Å². The van der Waals surface area contributed by atoms with E-state index in [0.29, 0.717) is 5.56 Å². The zero-order chi connectivity index (χ0) is 22.9. The Balaban J connectivity index is 1.50. The number of hydrogen-bond donors (Lipinski definition) is 2. The molecule has 3 aromatic rings. The van der Waals surface area contributed by atoms with E-state index in [2.05, 4.69) is 21.1 Å². The van der Waals surface area contributed by atoms with Crippen molar-refractivity contribution in [1.29, 1.82) is 0 Å². The van der Waals surface area contributed by atoms with Crippen LogP contribution in [0.3, 0.4) is 0 Å². The number of carbonyl (C=O) groups excluding carboxylic acids is 1. The molecule has 1 amide bonds. The summed E-state index contributed by atoms with van der Waals surface area (Å²) in [5, 5.41) is 8.28. The molecule has 0 heterocycles. The van der Waals surface area contributed by atoms with Crippen LogP contribution in [0.1, 0.15) is 21.5 Å². The van der Waals surface area contributed by atoms with Crippen LogP contribution in [-0.2, 0) is 0 Å². The Morgan fingerprint density at radius 2 is 1.16 bits per heavy atom. The summed E-state index contributed by atoms with van der Waals surface area (Å²) in [4.78, 5) is 16.3. The number of hydrazone groups is 2. The minimum absolute atomic E-state index is 0.276. The maximum absolute atomic E-state index is 12.3. The maximum atomic E-state index is 12.3. The van der Waals surface area contributed by atoms with E-state index >= 15 is 0 Å². The van der Waals surface area contributed by atoms with E-state index in [9.17, 15) is 4.79 Å². The van der Waals surface area contributed by atoms with E-state index in [-0.39, 0.29) is 5.91 Å². The largest absolute Gasteiger partial charge is 0.378 e. The van der Waals surface area contributed by atoms with Crippen molar-refractivity contribution >= 4 is 35.4 Å². The Morgan fingerprint density at radius 3 is 1.62 bits per heavy atom. The lowest BCUT2D eigenvalue weighted by Gasteiger charge is -2.11. The van der Waals surface area contributed by atoms with Gasteiger partial charge in [0, 0.05) is 45.1 Å². The van der Waals surface area contributed by atoms with Crippen LogP contribution in [0.4, 0.5) is 17.1 Å². The monoisotopic (exact) mass is 428 g/mol. The van der Waals surface area contributed by atoms with Gasteiger partial charge in [0.05, 0.1) is 18.1 Å². The molecule has 3 rings (SSSR count). The summed E-state index contributed by atoms with van der Waals surface area (Å²) < 4.78 is 0. The van der Waals surface area contributed by atoms with Crippen molar-refractivity contribution in [2.24, 2.45) is 10.2 Å². The molecular formula is C25H28N6O. The first kappa shape index (κ1) is 22.6. The Hall–Kier alpha value is -4.13. The molecule has 7 nitrogen and oxygen atoms in total. The van der Waals surface area contributed by atoms with Gasteiger partial charge in [-0.05, 0) is 59.7 Å². The predicted molar refractivity (Wildman–Crippen MR) is 134 cm³/mol. The molecule has 0 radical (unpaired) electrons. The van der Waals surface area contributed by atoms with E-state index < -0.39 is 0 Å². The Bertz CT molecular complexity index is 1070. The summed E-state index contributed by atoms with van der Waals surface area (Å²) in [5.41, 5.74) is 11.0. The van der Waals surface area contributed by atoms with Gasteiger partial charge < -0.3 is 9.80 Å². The molecule has 0 fully saturated rings. The molecule has 0 saturated heterocycles. The van der Waals surface area contributed by atoms with Crippen LogP contribution in [-0.4, -0.2) is 46.5 Å². The molecule has 0 aliphatic carbocycles. The van der Waals surface area contributed by atoms with Gasteiger partial charge in [0.15, 0.2) is 0 Å². The number of nitrogens with zero attached hydrogens (tertiary/aromatic N) is 4. The molecule has 7 heteroatoms. The van der Waals surface area contributed by atoms with Crippen LogP contribution in [0.15, 0.2) is 83.0 Å². The highest BCUT2D eigenvalue weighted by Gasteiger charge is 2.04. The first-order valence-electron chi connectivity index (χ1n) is 10.2. The van der Waals surface area contributed by atoms with Gasteiger partial charge in [-0.1, -0.05) is 24.3 Å². The molecule has 0 saturated carbocycles. The lowest BCUT2D eigenvalue weighted by molar-refractivity contribution is 0.0955. The fourth-order valence-electron chi connectivity index (χ4n) is 2.82. The van der Waals surface area contributed by atoms with Crippen molar-refractivity contribution in [1.82, 2.24) is 5.43 Å². The fraction of sp³-hybridized carbons (Fsp3) is 0.160. The summed E-state index contributed by atoms with van der Waals surface area (Å²) in [5.74, 6) is -0.276. The Morgan fingerprint density at radius 1 is 0.688 bits per heavy atom. The Labute approximate surface area is 189 Å². The number of nitrogens with one attached hydrogen (secondary N) is 2. The fourth-order valence-corrected chi connectivity index (χ4v) is 2.82. The average Bonchev–Trinajstić information content (AvgIpc) is 2.80. The van der Waals surface area contributed by atoms with Gasteiger partial charge in [-0.25, -0.2) is 5.43 Å². The van der Waals surface area contributed by atoms with Crippen LogP contribution in [0.2, 0.25) is 0 Å². The van der Waals surface area contributed by atoms with E-state index in [4.69, 9.17) is 0 Å². The van der Waals surface area contributed by atoms with Crippen LogP contribution < -0.4 is 20.7 Å². The predicted octanol–water partition coefficient (Wildman–Crippen LogP) is 4.03. The number of rotatable bonds is 8. The maximum Gasteiger partial charge on any atom is 0.271 e. The molecule has 0 aliphatic heterocycles. The van der Waals surface area contributed by atoms with Gasteiger partial charge >= 0.3 is 0 Å². The van der Waals surface area contributed by atoms with Crippen molar-refractivity contribution in [3.05, 3.63) is 89.5 Å². The number of anilines is 3. The lowest BCUT2D eigenvalue weighted by atomic mass is 10.2. The van der Waals surface area contributed by atoms with Gasteiger partial charge in [-0.2, -0.15) is 10.2 Å². The van der Waals surface area contributed by atoms with Gasteiger partial charge in [-0.15, -0.1) is 0 Å². The topological polar surface area (TPSA) is 72.3 Å². The summed E-state index contributed by atoms with van der Waals surface area (Å²) in [6.07, 6.45) is 3.37. The zero-order valence-electron chi connectivity index (χ0n) is 18.8. The van der Waals surface area contributed by atoms with E-state index in [1.165, 1.54) is 0 Å². The highest BCUT2D eigenvalue weighted by molar-refractivity contribution is 5.95. The first-order chi connectivity index (χ1) is 15.4. The second-order valence-corrected chi connectivity index (χ2v) is 7.62. The van der Waals surface area contributed by atoms with E-state index in [1.807, 2.05) is 86.5 Å². The van der Waals surface area contributed by atoms with Gasteiger partial charge in [0.2, 0.25) is 0 Å². The van der Waals surface area contributed by atoms with Crippen molar-refractivity contribution < 1.29 is 4.79 Å². The third-order valence-corrected chi connectivity index (χ3v) is 4.75. The summed E-state index contributed by atoms with van der Waals surface area (Å²) in [7, 11) is 7.98. The first-order valence-corrected chi connectivity index (χ1v) is 10.2. The summed E-state index contributed by atoms with van der Waals surface area (Å²) in [6, 6.07) is 23.0. The molecule has 0 atom stereocenters. The minimum Gasteiger partial charge on any atom is -0.378 e. The zero-order valence-corrected chi connectivity index (χ0v) is 18.8. The molecule has 0 unspecified atom stereocenters. The average molecular weight is 429 g/mol. The normalized spacial score (nSPS) is 11.0. The minimum atomic E-state index is -0.276. The van der Waals surface area contributed by atoms with Crippen LogP contribution in [0, 0.1) is 0 Å². The van der Waals surface area contributed by atoms with Crippen LogP contribution >= 0.6 is 0 Å². The number of amides is 1. The molecule has 2 N–H and O–H groups in total. The van der Waals surface area contributed by atoms with Crippen molar-refractivity contribution in [3.8, 4) is 0 Å². The molecule has 0 aromatic heterocycles. The molecule has 32 heavy (non-hydrogen) atoms. The standard InChI is InChI=1S/C25H28N6O/c1-30(2)23-13-5-19(6-14-23)17-26-28-22-11-9-21(10-12-22)25(32)29-27-18-20-7-15-24(16-8-20)31(3)4/h5-18,28H,1-4H3,(H,29,32)/b26-17+,27-18+. The van der Waals surface area contributed by atoms with Gasteiger partial charge in [0.25, 0.3) is 5.91 Å². The smallest absolute Gasteiger partial charge is 0.271 e.